The molecule has 5 heteroatoms. The van der Waals surface area contributed by atoms with Crippen molar-refractivity contribution >= 4 is 16.7 Å². The molecule has 3 aromatic rings. The number of nitrogens with zero attached hydrogens (tertiary/aromatic N) is 3. The second-order valence-electron chi connectivity index (χ2n) is 5.74. The highest BCUT2D eigenvalue weighted by Gasteiger charge is 2.11. The molecule has 5 nitrogen and oxygen atoms in total. The van der Waals surface area contributed by atoms with E-state index in [4.69, 9.17) is 5.73 Å². The first-order valence-electron chi connectivity index (χ1n) is 7.54. The molecule has 3 rings (SSSR count). The average molecular weight is 308 g/mol. The summed E-state index contributed by atoms with van der Waals surface area (Å²) in [4.78, 5) is 13.4. The highest BCUT2D eigenvalue weighted by atomic mass is 16.2. The zero-order valence-electron chi connectivity index (χ0n) is 13.4. The van der Waals surface area contributed by atoms with Gasteiger partial charge in [-0.2, -0.15) is 5.10 Å². The smallest absolute Gasteiger partial charge is 0.243 e. The van der Waals surface area contributed by atoms with Crippen LogP contribution in [0, 0.1) is 0 Å². The normalized spacial score (nSPS) is 10.9. The van der Waals surface area contributed by atoms with Gasteiger partial charge in [0.1, 0.15) is 6.54 Å². The maximum atomic E-state index is 11.8. The molecule has 2 aromatic carbocycles. The molecular weight excluding hydrogens is 288 g/mol. The van der Waals surface area contributed by atoms with Gasteiger partial charge in [0.05, 0.1) is 6.20 Å². The SMILES string of the molecule is CN(C)C(=O)Cn1cc(-c2ccc(CN)c3ccccc23)cn1. The molecule has 0 aliphatic heterocycles. The summed E-state index contributed by atoms with van der Waals surface area (Å²) >= 11 is 0. The van der Waals surface area contributed by atoms with Crippen molar-refractivity contribution in [1.82, 2.24) is 14.7 Å². The largest absolute Gasteiger partial charge is 0.347 e. The molecule has 0 unspecified atom stereocenters. The Bertz CT molecular complexity index is 851. The van der Waals surface area contributed by atoms with Crippen molar-refractivity contribution in [3.8, 4) is 11.1 Å². The fourth-order valence-electron chi connectivity index (χ4n) is 2.66. The summed E-state index contributed by atoms with van der Waals surface area (Å²) in [5.74, 6) is 0.0167. The lowest BCUT2D eigenvalue weighted by Gasteiger charge is -2.10. The quantitative estimate of drug-likeness (QED) is 0.804. The molecule has 0 bridgehead atoms. The van der Waals surface area contributed by atoms with Crippen molar-refractivity contribution in [2.45, 2.75) is 13.1 Å². The molecule has 0 aliphatic rings. The average Bonchev–Trinajstić information content (AvgIpc) is 3.01. The first-order valence-corrected chi connectivity index (χ1v) is 7.54. The van der Waals surface area contributed by atoms with Crippen LogP contribution in [0.4, 0.5) is 0 Å². The first kappa shape index (κ1) is 15.2. The van der Waals surface area contributed by atoms with E-state index in [9.17, 15) is 4.79 Å². The van der Waals surface area contributed by atoms with Gasteiger partial charge < -0.3 is 10.6 Å². The van der Waals surface area contributed by atoms with Gasteiger partial charge in [-0.25, -0.2) is 0 Å². The standard InChI is InChI=1S/C18H20N4O/c1-21(2)18(23)12-22-11-14(10-20-22)16-8-7-13(9-19)15-5-3-4-6-17(15)16/h3-8,10-11H,9,12,19H2,1-2H3. The lowest BCUT2D eigenvalue weighted by Crippen LogP contribution is -2.26. The van der Waals surface area contributed by atoms with Crippen molar-refractivity contribution in [1.29, 1.82) is 0 Å². The van der Waals surface area contributed by atoms with Gasteiger partial charge in [-0.15, -0.1) is 0 Å². The number of benzene rings is 2. The Morgan fingerprint density at radius 2 is 1.91 bits per heavy atom. The highest BCUT2D eigenvalue weighted by Crippen LogP contribution is 2.30. The number of amides is 1. The molecule has 1 heterocycles. The van der Waals surface area contributed by atoms with Crippen LogP contribution in [-0.4, -0.2) is 34.7 Å². The van der Waals surface area contributed by atoms with Crippen molar-refractivity contribution < 1.29 is 4.79 Å². The summed E-state index contributed by atoms with van der Waals surface area (Å²) in [5, 5.41) is 6.61. The van der Waals surface area contributed by atoms with E-state index in [2.05, 4.69) is 29.4 Å². The maximum absolute atomic E-state index is 11.8. The van der Waals surface area contributed by atoms with Gasteiger partial charge in [-0.3, -0.25) is 9.48 Å². The Morgan fingerprint density at radius 1 is 1.17 bits per heavy atom. The predicted octanol–water partition coefficient (Wildman–Crippen LogP) is 2.25. The van der Waals surface area contributed by atoms with Crippen LogP contribution in [0.1, 0.15) is 5.56 Å². The molecule has 1 aromatic heterocycles. The number of hydrogen-bond acceptors (Lipinski definition) is 3. The number of carbonyl (C=O) groups excluding carboxylic acids is 1. The molecule has 23 heavy (non-hydrogen) atoms. The minimum Gasteiger partial charge on any atom is -0.347 e. The third kappa shape index (κ3) is 2.96. The molecule has 0 radical (unpaired) electrons. The number of nitrogens with two attached hydrogens (primary N) is 1. The molecule has 2 N–H and O–H groups in total. The van der Waals surface area contributed by atoms with Crippen molar-refractivity contribution in [2.75, 3.05) is 14.1 Å². The van der Waals surface area contributed by atoms with Gasteiger partial charge >= 0.3 is 0 Å². The fraction of sp³-hybridized carbons (Fsp3) is 0.222. The molecule has 0 fully saturated rings. The fourth-order valence-corrected chi connectivity index (χ4v) is 2.66. The van der Waals surface area contributed by atoms with Crippen LogP contribution in [0.25, 0.3) is 21.9 Å². The van der Waals surface area contributed by atoms with Crippen molar-refractivity contribution in [3.05, 3.63) is 54.4 Å². The summed E-state index contributed by atoms with van der Waals surface area (Å²) in [6.07, 6.45) is 3.71. The molecule has 0 atom stereocenters. The van der Waals surface area contributed by atoms with Crippen LogP contribution in [-0.2, 0) is 17.9 Å². The van der Waals surface area contributed by atoms with Crippen LogP contribution in [0.2, 0.25) is 0 Å². The summed E-state index contributed by atoms with van der Waals surface area (Å²) in [6.45, 7) is 0.753. The summed E-state index contributed by atoms with van der Waals surface area (Å²) in [6, 6.07) is 12.3. The predicted molar refractivity (Wildman–Crippen MR) is 91.8 cm³/mol. The second-order valence-corrected chi connectivity index (χ2v) is 5.74. The Labute approximate surface area is 135 Å². The van der Waals surface area contributed by atoms with E-state index in [-0.39, 0.29) is 12.5 Å². The van der Waals surface area contributed by atoms with Gasteiger partial charge in [-0.05, 0) is 21.9 Å². The van der Waals surface area contributed by atoms with E-state index >= 15 is 0 Å². The minimum absolute atomic E-state index is 0.0167. The maximum Gasteiger partial charge on any atom is 0.243 e. The van der Waals surface area contributed by atoms with Crippen molar-refractivity contribution in [2.24, 2.45) is 5.73 Å². The molecule has 0 saturated carbocycles. The van der Waals surface area contributed by atoms with Gasteiger partial charge in [0.2, 0.25) is 5.91 Å². The zero-order chi connectivity index (χ0) is 16.4. The molecular formula is C18H20N4O. The topological polar surface area (TPSA) is 64.2 Å². The number of hydrogen-bond donors (Lipinski definition) is 1. The third-order valence-corrected chi connectivity index (χ3v) is 3.97. The van der Waals surface area contributed by atoms with Gasteiger partial charge in [0, 0.05) is 32.4 Å². The number of fused-ring (bicyclic) bond motifs is 1. The van der Waals surface area contributed by atoms with Crippen LogP contribution in [0.3, 0.4) is 0 Å². The van der Waals surface area contributed by atoms with Crippen molar-refractivity contribution in [3.63, 3.8) is 0 Å². The molecule has 118 valence electrons. The Kier molecular flexibility index (Phi) is 4.12. The molecule has 0 saturated heterocycles. The number of aromatic nitrogens is 2. The van der Waals surface area contributed by atoms with Gasteiger partial charge in [-0.1, -0.05) is 36.4 Å². The molecule has 0 aliphatic carbocycles. The minimum atomic E-state index is 0.0167. The van der Waals surface area contributed by atoms with E-state index in [0.717, 1.165) is 27.5 Å². The van der Waals surface area contributed by atoms with Crippen LogP contribution >= 0.6 is 0 Å². The lowest BCUT2D eigenvalue weighted by atomic mass is 9.97. The van der Waals surface area contributed by atoms with Gasteiger partial charge in [0.15, 0.2) is 0 Å². The third-order valence-electron chi connectivity index (χ3n) is 3.97. The Balaban J connectivity index is 2.01. The Morgan fingerprint density at radius 3 is 2.61 bits per heavy atom. The lowest BCUT2D eigenvalue weighted by molar-refractivity contribution is -0.129. The number of likely N-dealkylation sites (N-methyl/N-ethyl adjacent to an activating group) is 1. The number of rotatable bonds is 4. The summed E-state index contributed by atoms with van der Waals surface area (Å²) < 4.78 is 1.67. The molecule has 1 amide bonds. The van der Waals surface area contributed by atoms with Crippen LogP contribution in [0.15, 0.2) is 48.8 Å². The highest BCUT2D eigenvalue weighted by molar-refractivity contribution is 5.98. The van der Waals surface area contributed by atoms with E-state index in [0.29, 0.717) is 6.54 Å². The van der Waals surface area contributed by atoms with Crippen LogP contribution < -0.4 is 5.73 Å². The zero-order valence-corrected chi connectivity index (χ0v) is 13.4. The van der Waals surface area contributed by atoms with E-state index in [1.807, 2.05) is 18.3 Å². The van der Waals surface area contributed by atoms with E-state index < -0.39 is 0 Å². The molecule has 0 spiro atoms. The van der Waals surface area contributed by atoms with E-state index in [1.54, 1.807) is 29.9 Å². The summed E-state index contributed by atoms with van der Waals surface area (Å²) in [7, 11) is 3.48. The number of carbonyl (C=O) groups is 1. The monoisotopic (exact) mass is 308 g/mol. The van der Waals surface area contributed by atoms with Gasteiger partial charge in [0.25, 0.3) is 0 Å². The van der Waals surface area contributed by atoms with Crippen LogP contribution in [0.5, 0.6) is 0 Å². The Hall–Kier alpha value is -2.66. The second kappa shape index (κ2) is 6.22. The van der Waals surface area contributed by atoms with E-state index in [1.165, 1.54) is 0 Å². The summed E-state index contributed by atoms with van der Waals surface area (Å²) in [5.41, 5.74) is 9.05. The first-order chi connectivity index (χ1) is 11.1.